The van der Waals surface area contributed by atoms with E-state index in [0.717, 1.165) is 16.3 Å². The zero-order chi connectivity index (χ0) is 9.26. The van der Waals surface area contributed by atoms with Gasteiger partial charge in [-0.05, 0) is 24.3 Å². The van der Waals surface area contributed by atoms with Crippen molar-refractivity contribution in [3.8, 4) is 11.3 Å². The minimum atomic E-state index is -0.228. The molecule has 0 bridgehead atoms. The number of halogens is 1. The highest BCUT2D eigenvalue weighted by Gasteiger charge is 2.01. The molecule has 0 N–H and O–H groups in total. The molecule has 0 fully saturated rings. The van der Waals surface area contributed by atoms with Crippen LogP contribution in [0.4, 0.5) is 4.39 Å². The molecule has 0 saturated carbocycles. The molecule has 0 aliphatic heterocycles. The minimum absolute atomic E-state index is 0.228. The van der Waals surface area contributed by atoms with Crippen molar-refractivity contribution >= 4 is 11.3 Å². The Morgan fingerprint density at radius 1 is 1.23 bits per heavy atom. The van der Waals surface area contributed by atoms with Gasteiger partial charge in [0.2, 0.25) is 0 Å². The van der Waals surface area contributed by atoms with Crippen LogP contribution >= 0.6 is 11.3 Å². The second kappa shape index (κ2) is 3.26. The highest BCUT2D eigenvalue weighted by Crippen LogP contribution is 2.21. The largest absolute Gasteiger partial charge is 0.241 e. The SMILES string of the molecule is [CH2]c1nc(-c2ccc(F)cc2)cs1. The number of hydrogen-bond acceptors (Lipinski definition) is 2. The fourth-order valence-corrected chi connectivity index (χ4v) is 1.65. The van der Waals surface area contributed by atoms with Crippen molar-refractivity contribution in [1.82, 2.24) is 4.98 Å². The van der Waals surface area contributed by atoms with Crippen molar-refractivity contribution in [3.05, 3.63) is 47.4 Å². The van der Waals surface area contributed by atoms with Gasteiger partial charge in [0, 0.05) is 17.9 Å². The summed E-state index contributed by atoms with van der Waals surface area (Å²) in [5, 5.41) is 2.69. The van der Waals surface area contributed by atoms with Crippen molar-refractivity contribution in [2.24, 2.45) is 0 Å². The lowest BCUT2D eigenvalue weighted by Crippen LogP contribution is -1.78. The molecule has 0 saturated heterocycles. The molecule has 1 aromatic heterocycles. The molecule has 65 valence electrons. The van der Waals surface area contributed by atoms with Gasteiger partial charge in [-0.15, -0.1) is 11.3 Å². The van der Waals surface area contributed by atoms with E-state index in [-0.39, 0.29) is 5.82 Å². The Labute approximate surface area is 79.9 Å². The molecule has 13 heavy (non-hydrogen) atoms. The average molecular weight is 192 g/mol. The van der Waals surface area contributed by atoms with E-state index in [0.29, 0.717) is 0 Å². The Kier molecular flexibility index (Phi) is 2.10. The van der Waals surface area contributed by atoms with Gasteiger partial charge < -0.3 is 0 Å². The van der Waals surface area contributed by atoms with Crippen LogP contribution in [0.1, 0.15) is 5.01 Å². The Bertz CT molecular complexity index is 405. The Morgan fingerprint density at radius 2 is 1.92 bits per heavy atom. The van der Waals surface area contributed by atoms with Crippen LogP contribution < -0.4 is 0 Å². The molecular weight excluding hydrogens is 185 g/mol. The highest BCUT2D eigenvalue weighted by atomic mass is 32.1. The van der Waals surface area contributed by atoms with E-state index >= 15 is 0 Å². The first kappa shape index (κ1) is 8.38. The molecule has 3 heteroatoms. The Morgan fingerprint density at radius 3 is 2.46 bits per heavy atom. The van der Waals surface area contributed by atoms with Crippen LogP contribution in [-0.2, 0) is 0 Å². The van der Waals surface area contributed by atoms with Crippen molar-refractivity contribution in [2.45, 2.75) is 0 Å². The number of nitrogens with zero attached hydrogens (tertiary/aromatic N) is 1. The number of hydrogen-bond donors (Lipinski definition) is 0. The molecular formula is C10H7FNS. The van der Waals surface area contributed by atoms with Crippen LogP contribution in [-0.4, -0.2) is 4.98 Å². The first-order valence-electron chi connectivity index (χ1n) is 3.79. The maximum absolute atomic E-state index is 12.6. The van der Waals surface area contributed by atoms with Gasteiger partial charge >= 0.3 is 0 Å². The first-order valence-corrected chi connectivity index (χ1v) is 4.67. The molecule has 0 aliphatic carbocycles. The van der Waals surface area contributed by atoms with E-state index in [1.807, 2.05) is 5.38 Å². The second-order valence-electron chi connectivity index (χ2n) is 2.63. The first-order chi connectivity index (χ1) is 6.25. The molecule has 0 atom stereocenters. The lowest BCUT2D eigenvalue weighted by Gasteiger charge is -1.94. The lowest BCUT2D eigenvalue weighted by molar-refractivity contribution is 0.628. The molecule has 1 radical (unpaired) electrons. The summed E-state index contributed by atoms with van der Waals surface area (Å²) in [6.45, 7) is 3.72. The molecule has 0 unspecified atom stereocenters. The zero-order valence-electron chi connectivity index (χ0n) is 6.83. The normalized spacial score (nSPS) is 10.3. The smallest absolute Gasteiger partial charge is 0.123 e. The standard InChI is InChI=1S/C10H7FNS/c1-7-12-10(6-13-7)8-2-4-9(11)5-3-8/h2-6H,1H2. The van der Waals surface area contributed by atoms with Crippen molar-refractivity contribution in [2.75, 3.05) is 0 Å². The van der Waals surface area contributed by atoms with Gasteiger partial charge in [0.25, 0.3) is 0 Å². The summed E-state index contributed by atoms with van der Waals surface area (Å²) in [6.07, 6.45) is 0. The summed E-state index contributed by atoms with van der Waals surface area (Å²) in [5.74, 6) is -0.228. The summed E-state index contributed by atoms with van der Waals surface area (Å²) in [7, 11) is 0. The van der Waals surface area contributed by atoms with Crippen molar-refractivity contribution in [1.29, 1.82) is 0 Å². The summed E-state index contributed by atoms with van der Waals surface area (Å²) in [5.41, 5.74) is 1.78. The van der Waals surface area contributed by atoms with Gasteiger partial charge in [-0.25, -0.2) is 9.37 Å². The quantitative estimate of drug-likeness (QED) is 0.676. The third-order valence-electron chi connectivity index (χ3n) is 1.69. The molecule has 1 aromatic carbocycles. The predicted molar refractivity (Wildman–Crippen MR) is 52.0 cm³/mol. The van der Waals surface area contributed by atoms with Crippen LogP contribution in [0.2, 0.25) is 0 Å². The van der Waals surface area contributed by atoms with Gasteiger partial charge in [0.15, 0.2) is 0 Å². The van der Waals surface area contributed by atoms with Crippen LogP contribution in [0.5, 0.6) is 0 Å². The Balaban J connectivity index is 2.41. The van der Waals surface area contributed by atoms with Gasteiger partial charge in [-0.2, -0.15) is 0 Å². The van der Waals surface area contributed by atoms with Crippen molar-refractivity contribution in [3.63, 3.8) is 0 Å². The molecule has 2 rings (SSSR count). The number of benzene rings is 1. The predicted octanol–water partition coefficient (Wildman–Crippen LogP) is 3.13. The summed E-state index contributed by atoms with van der Waals surface area (Å²) in [4.78, 5) is 4.20. The monoisotopic (exact) mass is 192 g/mol. The molecule has 0 amide bonds. The number of aromatic nitrogens is 1. The second-order valence-corrected chi connectivity index (χ2v) is 3.58. The summed E-state index contributed by atoms with van der Waals surface area (Å²) < 4.78 is 12.6. The fourth-order valence-electron chi connectivity index (χ4n) is 1.06. The van der Waals surface area contributed by atoms with Gasteiger partial charge in [0.1, 0.15) is 5.82 Å². The van der Waals surface area contributed by atoms with E-state index in [2.05, 4.69) is 11.9 Å². The molecule has 0 aliphatic rings. The van der Waals surface area contributed by atoms with Gasteiger partial charge in [-0.1, -0.05) is 0 Å². The summed E-state index contributed by atoms with van der Waals surface area (Å²) in [6, 6.07) is 6.28. The number of thiazole rings is 1. The molecule has 0 spiro atoms. The van der Waals surface area contributed by atoms with Gasteiger partial charge in [-0.3, -0.25) is 0 Å². The molecule has 1 nitrogen and oxygen atoms in total. The number of rotatable bonds is 1. The highest BCUT2D eigenvalue weighted by molar-refractivity contribution is 7.10. The van der Waals surface area contributed by atoms with E-state index in [1.54, 1.807) is 12.1 Å². The Hall–Kier alpha value is -1.22. The third-order valence-corrected chi connectivity index (χ3v) is 2.40. The minimum Gasteiger partial charge on any atom is -0.241 e. The third kappa shape index (κ3) is 1.75. The lowest BCUT2D eigenvalue weighted by atomic mass is 10.2. The topological polar surface area (TPSA) is 12.9 Å². The van der Waals surface area contributed by atoms with Gasteiger partial charge in [0.05, 0.1) is 10.7 Å². The zero-order valence-corrected chi connectivity index (χ0v) is 7.64. The maximum Gasteiger partial charge on any atom is 0.123 e. The van der Waals surface area contributed by atoms with Crippen LogP contribution in [0.3, 0.4) is 0 Å². The van der Waals surface area contributed by atoms with Crippen LogP contribution in [0, 0.1) is 12.7 Å². The van der Waals surface area contributed by atoms with E-state index in [1.165, 1.54) is 23.5 Å². The van der Waals surface area contributed by atoms with Crippen LogP contribution in [0.15, 0.2) is 29.6 Å². The van der Waals surface area contributed by atoms with E-state index in [9.17, 15) is 4.39 Å². The van der Waals surface area contributed by atoms with Crippen molar-refractivity contribution < 1.29 is 4.39 Å². The molecule has 2 aromatic rings. The van der Waals surface area contributed by atoms with Crippen LogP contribution in [0.25, 0.3) is 11.3 Å². The summed E-state index contributed by atoms with van der Waals surface area (Å²) >= 11 is 1.49. The maximum atomic E-state index is 12.6. The molecule has 1 heterocycles. The average Bonchev–Trinajstić information content (AvgIpc) is 2.53. The van der Waals surface area contributed by atoms with E-state index < -0.39 is 0 Å². The van der Waals surface area contributed by atoms with E-state index in [4.69, 9.17) is 0 Å². The fraction of sp³-hybridized carbons (Fsp3) is 0.